The predicted octanol–water partition coefficient (Wildman–Crippen LogP) is 26.2. The number of aryl methyl sites for hydroxylation is 1. The van der Waals surface area contributed by atoms with E-state index in [4.69, 9.17) is 5.73 Å². The summed E-state index contributed by atoms with van der Waals surface area (Å²) in [6, 6.07) is 34.3. The highest BCUT2D eigenvalue weighted by Crippen LogP contribution is 2.32. The van der Waals surface area contributed by atoms with Gasteiger partial charge in [0, 0.05) is 110 Å². The summed E-state index contributed by atoms with van der Waals surface area (Å²) in [5.74, 6) is 3.47. The number of pyridine rings is 1. The van der Waals surface area contributed by atoms with Crippen molar-refractivity contribution >= 4 is 62.0 Å². The number of para-hydroxylation sites is 2. The summed E-state index contributed by atoms with van der Waals surface area (Å²) in [6.07, 6.45) is 6.47. The number of anilines is 2. The minimum absolute atomic E-state index is 0.0133. The summed E-state index contributed by atoms with van der Waals surface area (Å²) in [5, 5.41) is 18.4. The Hall–Kier alpha value is -7.04. The van der Waals surface area contributed by atoms with Gasteiger partial charge in [-0.15, -0.1) is 32.9 Å². The van der Waals surface area contributed by atoms with E-state index in [2.05, 4.69) is 255 Å². The van der Waals surface area contributed by atoms with Gasteiger partial charge in [0.1, 0.15) is 17.5 Å². The number of amides is 1. The first-order valence-electron chi connectivity index (χ1n) is 39.3. The minimum Gasteiger partial charge on any atom is -0.372 e. The first kappa shape index (κ1) is 110. The molecule has 0 unspecified atom stereocenters. The molecule has 0 spiro atoms. The van der Waals surface area contributed by atoms with Gasteiger partial charge in [-0.25, -0.2) is 19.9 Å². The van der Waals surface area contributed by atoms with Crippen LogP contribution in [0.4, 0.5) is 11.6 Å². The first-order valence-corrected chi connectivity index (χ1v) is 41.0. The van der Waals surface area contributed by atoms with Gasteiger partial charge in [0.15, 0.2) is 0 Å². The average molecular weight is 1500 g/mol. The van der Waals surface area contributed by atoms with Crippen LogP contribution in [0, 0.1) is 23.2 Å². The molecule has 0 fully saturated rings. The highest BCUT2D eigenvalue weighted by atomic mass is 32.1. The number of aromatic nitrogens is 8. The van der Waals surface area contributed by atoms with Crippen molar-refractivity contribution in [1.82, 2.24) is 45.0 Å². The fourth-order valence-corrected chi connectivity index (χ4v) is 10.0. The number of nitrogens with zero attached hydrogens (tertiary/aromatic N) is 10. The highest BCUT2D eigenvalue weighted by Gasteiger charge is 2.26. The third-order valence-corrected chi connectivity index (χ3v) is 16.0. The molecule has 1 amide bonds. The molecule has 0 radical (unpaired) electrons. The van der Waals surface area contributed by atoms with E-state index in [9.17, 15) is 4.79 Å². The van der Waals surface area contributed by atoms with E-state index in [0.717, 1.165) is 66.1 Å². The summed E-state index contributed by atoms with van der Waals surface area (Å²) in [6.45, 7) is 88.0. The Morgan fingerprint density at radius 2 is 0.962 bits per heavy atom. The Bertz CT molecular complexity index is 3370. The molecule has 602 valence electrons. The van der Waals surface area contributed by atoms with Gasteiger partial charge in [0.2, 0.25) is 11.9 Å². The number of rotatable bonds is 1. The van der Waals surface area contributed by atoms with E-state index in [1.807, 2.05) is 206 Å². The zero-order valence-electron chi connectivity index (χ0n) is 75.7. The number of amidine groups is 1. The molecule has 106 heavy (non-hydrogen) atoms. The Morgan fingerprint density at radius 1 is 0.481 bits per heavy atom. The van der Waals surface area contributed by atoms with Gasteiger partial charge >= 0.3 is 0 Å². The standard InChI is InChI=1S/C13H17N.C11H15NO.C11H13NS.C9H13N.C8H12N2.C8H13NS.C7H14N4.C7H14N2.8C2H6/c1-13(2,3)12-11-7-5-4-6-10(11)8-9-14-12;1-11(2,3)10(13)12-9-7-5-4-6-8-9;1-11(2,3)10-12-8-6-4-5-7-9(8)13-10;1-9(2,3)8-6-4-5-7-10-8;1-8(2,3)7-9-5-4-6-10-7;1-6-5-10-7(9-6)8(2,3)4;1-7(2,3)5-9-10-6(8)11(5)4;1-7(2,3)6-8-4-5-9-6;8*1-2/h4-7H,8-9H2,1-3H3;4-8H,1-3H3,(H,12,13);4-7H,1-3H3;4-7H,1-3H3;4-6H,1-3H3;5H,1-4H3;1-4H3,(H2,8,10);4-5H2,1-3H3,(H,8,9);8*1-2H3. The topological polar surface area (TPSA) is 187 Å². The van der Waals surface area contributed by atoms with Crippen molar-refractivity contribution in [1.29, 1.82) is 0 Å². The number of fused-ring (bicyclic) bond motifs is 2. The molecule has 8 aromatic rings. The van der Waals surface area contributed by atoms with Gasteiger partial charge < -0.3 is 20.9 Å². The van der Waals surface area contributed by atoms with Gasteiger partial charge in [-0.1, -0.05) is 338 Å². The molecule has 0 atom stereocenters. The van der Waals surface area contributed by atoms with Crippen molar-refractivity contribution in [3.05, 3.63) is 171 Å². The molecule has 5 aromatic heterocycles. The normalized spacial score (nSPS) is 11.6. The summed E-state index contributed by atoms with van der Waals surface area (Å²) >= 11 is 3.54. The Kier molecular flexibility index (Phi) is 59.2. The van der Waals surface area contributed by atoms with E-state index in [1.165, 1.54) is 31.6 Å². The van der Waals surface area contributed by atoms with Crippen molar-refractivity contribution < 1.29 is 4.79 Å². The van der Waals surface area contributed by atoms with Crippen LogP contribution in [0.25, 0.3) is 10.2 Å². The fraction of sp³-hybridized carbons (Fsp3) is 0.600. The van der Waals surface area contributed by atoms with Crippen molar-refractivity contribution in [2.45, 2.75) is 317 Å². The van der Waals surface area contributed by atoms with Crippen LogP contribution in [0.15, 0.2) is 137 Å². The molecule has 16 heteroatoms. The number of carbonyl (C=O) groups is 1. The molecule has 10 rings (SSSR count). The lowest BCUT2D eigenvalue weighted by molar-refractivity contribution is -0.123. The fourth-order valence-electron chi connectivity index (χ4n) is 8.10. The third kappa shape index (κ3) is 46.9. The number of nitrogens with one attached hydrogen (secondary N) is 2. The van der Waals surface area contributed by atoms with Crippen LogP contribution >= 0.6 is 22.7 Å². The number of hydrogen-bond acceptors (Lipinski definition) is 14. The molecule has 2 aliphatic rings. The molecule has 0 bridgehead atoms. The second kappa shape index (κ2) is 57.1. The van der Waals surface area contributed by atoms with Gasteiger partial charge in [0.25, 0.3) is 0 Å². The van der Waals surface area contributed by atoms with E-state index < -0.39 is 0 Å². The van der Waals surface area contributed by atoms with Crippen molar-refractivity contribution in [3.63, 3.8) is 0 Å². The molecule has 3 aromatic carbocycles. The Labute approximate surface area is 660 Å². The van der Waals surface area contributed by atoms with Crippen LogP contribution in [0.3, 0.4) is 0 Å². The molecule has 0 saturated heterocycles. The molecular formula is C90H159N13OS2. The van der Waals surface area contributed by atoms with Crippen molar-refractivity contribution in [2.24, 2.45) is 33.3 Å². The van der Waals surface area contributed by atoms with E-state index in [1.54, 1.807) is 39.6 Å². The predicted molar refractivity (Wildman–Crippen MR) is 478 cm³/mol. The van der Waals surface area contributed by atoms with Gasteiger partial charge in [-0.2, -0.15) is 0 Å². The molecule has 7 heterocycles. The van der Waals surface area contributed by atoms with Crippen LogP contribution in [0.5, 0.6) is 0 Å². The zero-order valence-corrected chi connectivity index (χ0v) is 77.4. The SMILES string of the molecule is CC.CC.CC.CC.CC.CC.CC.CC.CC(C)(C)C(=O)Nc1ccccc1.CC(C)(C)C1=NCCN1.CC(C)(C)C1=NCCc2ccccc21.CC(C)(C)c1ccccn1.CC(C)(C)c1nc2ccccc2s1.CC(C)(C)c1ncccn1.Cc1csc(C(C)(C)C)n1.Cn1c(N)nnc1C(C)(C)C. The number of benzene rings is 3. The maximum atomic E-state index is 11.5. The average Bonchev–Trinajstić information content (AvgIpc) is 1.21. The summed E-state index contributed by atoms with van der Waals surface area (Å²) in [7, 11) is 1.87. The largest absolute Gasteiger partial charge is 0.372 e. The van der Waals surface area contributed by atoms with Crippen molar-refractivity contribution in [3.8, 4) is 0 Å². The maximum Gasteiger partial charge on any atom is 0.229 e. The first-order chi connectivity index (χ1) is 49.4. The van der Waals surface area contributed by atoms with Crippen LogP contribution in [-0.2, 0) is 45.3 Å². The Morgan fingerprint density at radius 3 is 1.30 bits per heavy atom. The molecule has 2 aliphatic heterocycles. The van der Waals surface area contributed by atoms with Gasteiger partial charge in [0.05, 0.1) is 26.8 Å². The summed E-state index contributed by atoms with van der Waals surface area (Å²) < 4.78 is 3.09. The number of carbonyl (C=O) groups excluding carboxylic acids is 1. The lowest BCUT2D eigenvalue weighted by Crippen LogP contribution is -2.31. The van der Waals surface area contributed by atoms with Gasteiger partial charge in [-0.3, -0.25) is 19.8 Å². The second-order valence-corrected chi connectivity index (χ2v) is 32.5. The monoisotopic (exact) mass is 1500 g/mol. The molecule has 14 nitrogen and oxygen atoms in total. The summed E-state index contributed by atoms with van der Waals surface area (Å²) in [4.78, 5) is 42.0. The lowest BCUT2D eigenvalue weighted by atomic mass is 9.82. The molecule has 0 aliphatic carbocycles. The number of hydrogen-bond donors (Lipinski definition) is 3. The number of nitrogens with two attached hydrogens (primary N) is 1. The van der Waals surface area contributed by atoms with E-state index >= 15 is 0 Å². The van der Waals surface area contributed by atoms with Crippen LogP contribution in [0.1, 0.15) is 321 Å². The van der Waals surface area contributed by atoms with Gasteiger partial charge in [-0.05, 0) is 66.9 Å². The number of nitrogen functional groups attached to an aromatic ring is 1. The quantitative estimate of drug-likeness (QED) is 0.143. The van der Waals surface area contributed by atoms with E-state index in [-0.39, 0.29) is 49.2 Å². The number of aliphatic imine (C=N–C) groups is 2. The molecule has 0 saturated carbocycles. The maximum absolute atomic E-state index is 11.5. The summed E-state index contributed by atoms with van der Waals surface area (Å²) in [5.41, 5.74) is 14.6. The molecular weight excluding hydrogens is 1340 g/mol. The number of thiazole rings is 2. The van der Waals surface area contributed by atoms with Crippen molar-refractivity contribution in [2.75, 3.05) is 30.7 Å². The van der Waals surface area contributed by atoms with Crippen LogP contribution in [-0.4, -0.2) is 76.8 Å². The smallest absolute Gasteiger partial charge is 0.229 e. The molecule has 4 N–H and O–H groups in total. The third-order valence-electron chi connectivity index (χ3n) is 13.2. The highest BCUT2D eigenvalue weighted by molar-refractivity contribution is 7.18. The lowest BCUT2D eigenvalue weighted by Gasteiger charge is -2.26. The Balaban J connectivity index is -0.000000263. The second-order valence-electron chi connectivity index (χ2n) is 30.6. The van der Waals surface area contributed by atoms with E-state index in [0.29, 0.717) is 5.95 Å². The van der Waals surface area contributed by atoms with Crippen LogP contribution in [0.2, 0.25) is 0 Å². The van der Waals surface area contributed by atoms with Crippen LogP contribution < -0.4 is 16.4 Å². The minimum atomic E-state index is -0.337. The zero-order chi connectivity index (χ0) is 84.1.